The second kappa shape index (κ2) is 10.6. The third kappa shape index (κ3) is 6.00. The molecule has 2 aromatic carbocycles. The number of rotatable bonds is 8. The van der Waals surface area contributed by atoms with Crippen LogP contribution in [0.1, 0.15) is 31.8 Å². The van der Waals surface area contributed by atoms with Crippen LogP contribution in [0.5, 0.6) is 5.75 Å². The van der Waals surface area contributed by atoms with Crippen molar-refractivity contribution >= 4 is 41.6 Å². The van der Waals surface area contributed by atoms with Gasteiger partial charge in [0, 0.05) is 17.1 Å². The van der Waals surface area contributed by atoms with Crippen LogP contribution in [0.15, 0.2) is 64.1 Å². The second-order valence-corrected chi connectivity index (χ2v) is 9.99. The van der Waals surface area contributed by atoms with Crippen molar-refractivity contribution in [1.82, 2.24) is 5.43 Å². The number of aromatic carboxylic acids is 1. The molecule has 1 aliphatic rings. The summed E-state index contributed by atoms with van der Waals surface area (Å²) in [4.78, 5) is 23.1. The van der Waals surface area contributed by atoms with E-state index in [1.54, 1.807) is 24.3 Å². The third-order valence-corrected chi connectivity index (χ3v) is 8.00. The van der Waals surface area contributed by atoms with Crippen LogP contribution < -0.4 is 10.2 Å². The number of nitrogens with one attached hydrogen (secondary N) is 1. The molecule has 0 bridgehead atoms. The van der Waals surface area contributed by atoms with Crippen LogP contribution in [0.2, 0.25) is 0 Å². The smallest absolute Gasteiger partial charge is 0.335 e. The fourth-order valence-corrected chi connectivity index (χ4v) is 6.12. The monoisotopic (exact) mass is 482 g/mol. The van der Waals surface area contributed by atoms with Crippen molar-refractivity contribution in [1.29, 1.82) is 0 Å². The number of nitrogens with zero attached hydrogens (tertiary/aromatic N) is 1. The van der Waals surface area contributed by atoms with E-state index in [2.05, 4.69) is 10.5 Å². The van der Waals surface area contributed by atoms with E-state index in [9.17, 15) is 9.59 Å². The molecule has 4 rings (SSSR count). The van der Waals surface area contributed by atoms with Gasteiger partial charge in [-0.2, -0.15) is 5.10 Å². The van der Waals surface area contributed by atoms with Crippen LogP contribution in [0.4, 0.5) is 0 Å². The molecule has 1 saturated heterocycles. The summed E-state index contributed by atoms with van der Waals surface area (Å²) in [6.45, 7) is 1.67. The van der Waals surface area contributed by atoms with Gasteiger partial charge in [-0.3, -0.25) is 4.79 Å². The molecule has 2 N–H and O–H groups in total. The van der Waals surface area contributed by atoms with Crippen LogP contribution >= 0.6 is 23.5 Å². The summed E-state index contributed by atoms with van der Waals surface area (Å²) >= 11 is 3.88. The highest BCUT2D eigenvalue weighted by molar-refractivity contribution is 8.19. The molecular formula is C24H22N2O5S2. The van der Waals surface area contributed by atoms with Gasteiger partial charge in [-0.05, 0) is 54.4 Å². The number of hydrazone groups is 1. The number of carbonyl (C=O) groups excluding carboxylic acids is 1. The number of hydrogen-bond acceptors (Lipinski definition) is 7. The molecule has 3 aromatic rings. The maximum atomic E-state index is 12.0. The van der Waals surface area contributed by atoms with Crippen molar-refractivity contribution in [2.45, 2.75) is 11.5 Å². The van der Waals surface area contributed by atoms with E-state index >= 15 is 0 Å². The van der Waals surface area contributed by atoms with E-state index in [1.165, 1.54) is 29.4 Å². The van der Waals surface area contributed by atoms with Crippen LogP contribution in [-0.2, 0) is 4.79 Å². The number of thioether (sulfide) groups is 2. The highest BCUT2D eigenvalue weighted by Gasteiger charge is 2.18. The number of benzene rings is 2. The molecule has 33 heavy (non-hydrogen) atoms. The first kappa shape index (κ1) is 23.0. The first-order chi connectivity index (χ1) is 16.0. The number of carboxylic acid groups (broad SMARTS) is 1. The van der Waals surface area contributed by atoms with E-state index in [1.807, 2.05) is 54.7 Å². The van der Waals surface area contributed by atoms with Gasteiger partial charge in [0.25, 0.3) is 5.91 Å². The maximum absolute atomic E-state index is 12.0. The number of carbonyl (C=O) groups is 2. The Morgan fingerprint density at radius 1 is 1.15 bits per heavy atom. The van der Waals surface area contributed by atoms with Crippen molar-refractivity contribution in [3.63, 3.8) is 0 Å². The molecule has 0 atom stereocenters. The summed E-state index contributed by atoms with van der Waals surface area (Å²) in [5, 5.41) is 13.0. The molecule has 7 nitrogen and oxygen atoms in total. The Kier molecular flexibility index (Phi) is 7.41. The highest BCUT2D eigenvalue weighted by atomic mass is 32.2. The molecule has 0 radical (unpaired) electrons. The Morgan fingerprint density at radius 2 is 1.91 bits per heavy atom. The van der Waals surface area contributed by atoms with Crippen molar-refractivity contribution in [3.8, 4) is 17.1 Å². The molecule has 0 spiro atoms. The van der Waals surface area contributed by atoms with Crippen molar-refractivity contribution < 1.29 is 23.8 Å². The predicted octanol–water partition coefficient (Wildman–Crippen LogP) is 4.96. The zero-order valence-electron chi connectivity index (χ0n) is 17.8. The van der Waals surface area contributed by atoms with Crippen molar-refractivity contribution in [2.75, 3.05) is 18.1 Å². The largest absolute Gasteiger partial charge is 0.484 e. The van der Waals surface area contributed by atoms with Gasteiger partial charge in [0.2, 0.25) is 0 Å². The molecular weight excluding hydrogens is 460 g/mol. The molecule has 9 heteroatoms. The molecule has 2 heterocycles. The summed E-state index contributed by atoms with van der Waals surface area (Å²) < 4.78 is 11.7. The number of ether oxygens (including phenoxy) is 1. The fourth-order valence-electron chi connectivity index (χ4n) is 3.26. The minimum absolute atomic E-state index is 0.151. The van der Waals surface area contributed by atoms with Crippen molar-refractivity contribution in [3.05, 3.63) is 77.0 Å². The summed E-state index contributed by atoms with van der Waals surface area (Å²) in [5.41, 5.74) is 5.46. The molecule has 170 valence electrons. The summed E-state index contributed by atoms with van der Waals surface area (Å²) in [5.74, 6) is 2.65. The van der Waals surface area contributed by atoms with Gasteiger partial charge < -0.3 is 14.3 Å². The van der Waals surface area contributed by atoms with Crippen LogP contribution in [0, 0.1) is 6.92 Å². The third-order valence-electron chi connectivity index (χ3n) is 4.89. The molecule has 1 amide bonds. The lowest BCUT2D eigenvalue weighted by atomic mass is 10.0. The van der Waals surface area contributed by atoms with Gasteiger partial charge in [-0.1, -0.05) is 18.2 Å². The Bertz CT molecular complexity index is 1170. The lowest BCUT2D eigenvalue weighted by Gasteiger charge is -2.09. The van der Waals surface area contributed by atoms with E-state index in [0.29, 0.717) is 21.9 Å². The number of aryl methyl sites for hydroxylation is 1. The SMILES string of the molecule is Cc1cc(C(=O)O)ccc1-c1ccc(/C=N\NC(=O)COc2ccc(C3SCCS3)cc2)o1. The maximum Gasteiger partial charge on any atom is 0.335 e. The topological polar surface area (TPSA) is 101 Å². The van der Waals surface area contributed by atoms with E-state index in [0.717, 1.165) is 11.1 Å². The minimum Gasteiger partial charge on any atom is -0.484 e. The Balaban J connectivity index is 1.27. The lowest BCUT2D eigenvalue weighted by Crippen LogP contribution is -2.24. The molecule has 0 saturated carbocycles. The molecule has 1 fully saturated rings. The van der Waals surface area contributed by atoms with Gasteiger partial charge in [0.05, 0.1) is 16.4 Å². The first-order valence-electron chi connectivity index (χ1n) is 10.2. The van der Waals surface area contributed by atoms with Crippen molar-refractivity contribution in [2.24, 2.45) is 5.10 Å². The Morgan fingerprint density at radius 3 is 2.61 bits per heavy atom. The van der Waals surface area contributed by atoms with Crippen LogP contribution in [-0.4, -0.2) is 41.3 Å². The number of amides is 1. The van der Waals surface area contributed by atoms with E-state index < -0.39 is 5.97 Å². The number of furan rings is 1. The summed E-state index contributed by atoms with van der Waals surface area (Å²) in [6, 6.07) is 16.1. The normalized spacial score (nSPS) is 14.0. The van der Waals surface area contributed by atoms with Gasteiger partial charge in [0.15, 0.2) is 6.61 Å². The summed E-state index contributed by atoms with van der Waals surface area (Å²) in [7, 11) is 0. The lowest BCUT2D eigenvalue weighted by molar-refractivity contribution is -0.123. The first-order valence-corrected chi connectivity index (χ1v) is 12.3. The average Bonchev–Trinajstić information content (AvgIpc) is 3.51. The minimum atomic E-state index is -0.976. The second-order valence-electron chi connectivity index (χ2n) is 7.26. The van der Waals surface area contributed by atoms with Crippen LogP contribution in [0.3, 0.4) is 0 Å². The van der Waals surface area contributed by atoms with Gasteiger partial charge in [-0.25, -0.2) is 10.2 Å². The van der Waals surface area contributed by atoms with E-state index in [-0.39, 0.29) is 18.1 Å². The number of hydrogen-bond donors (Lipinski definition) is 2. The van der Waals surface area contributed by atoms with Crippen LogP contribution in [0.25, 0.3) is 11.3 Å². The van der Waals surface area contributed by atoms with Gasteiger partial charge in [-0.15, -0.1) is 23.5 Å². The van der Waals surface area contributed by atoms with E-state index in [4.69, 9.17) is 14.3 Å². The molecule has 0 unspecified atom stereocenters. The standard InChI is InChI=1S/C24H22N2O5S2/c1-15-12-17(23(28)29)4-8-20(15)21-9-7-19(31-21)13-25-26-22(27)14-30-18-5-2-16(3-6-18)24-32-10-11-33-24/h2-9,12-13,24H,10-11,14H2,1H3,(H,26,27)(H,28,29)/b25-13-. The zero-order valence-corrected chi connectivity index (χ0v) is 19.4. The number of carboxylic acids is 1. The highest BCUT2D eigenvalue weighted by Crippen LogP contribution is 2.45. The zero-order chi connectivity index (χ0) is 23.2. The average molecular weight is 483 g/mol. The molecule has 1 aliphatic heterocycles. The molecule has 0 aliphatic carbocycles. The quantitative estimate of drug-likeness (QED) is 0.346. The Hall–Kier alpha value is -3.17. The fraction of sp³-hybridized carbons (Fsp3) is 0.208. The van der Waals surface area contributed by atoms with Gasteiger partial charge >= 0.3 is 5.97 Å². The summed E-state index contributed by atoms with van der Waals surface area (Å²) in [6.07, 6.45) is 1.40. The molecule has 1 aromatic heterocycles. The van der Waals surface area contributed by atoms with Gasteiger partial charge in [0.1, 0.15) is 17.3 Å². The predicted molar refractivity (Wildman–Crippen MR) is 131 cm³/mol. The Labute approximate surface area is 199 Å².